The van der Waals surface area contributed by atoms with E-state index in [-0.39, 0.29) is 0 Å². The van der Waals surface area contributed by atoms with E-state index >= 15 is 0 Å². The highest BCUT2D eigenvalue weighted by molar-refractivity contribution is 5.20. The van der Waals surface area contributed by atoms with Gasteiger partial charge in [-0.05, 0) is 37.8 Å². The van der Waals surface area contributed by atoms with Crippen LogP contribution in [0, 0.1) is 5.92 Å². The van der Waals surface area contributed by atoms with Crippen molar-refractivity contribution >= 4 is 0 Å². The zero-order chi connectivity index (χ0) is 11.8. The molecule has 0 bridgehead atoms. The van der Waals surface area contributed by atoms with Crippen LogP contribution in [0.4, 0.5) is 0 Å². The lowest BCUT2D eigenvalue weighted by molar-refractivity contribution is 0.801. The van der Waals surface area contributed by atoms with Crippen LogP contribution in [0.5, 0.6) is 0 Å². The van der Waals surface area contributed by atoms with Gasteiger partial charge in [0.2, 0.25) is 0 Å². The summed E-state index contributed by atoms with van der Waals surface area (Å²) in [7, 11) is 0. The first-order valence-corrected chi connectivity index (χ1v) is 5.82. The molecular weight excluding hydrogens is 196 g/mol. The maximum Gasteiger partial charge on any atom is 0.0634 e. The number of rotatable bonds is 5. The SMILES string of the molecule is CC=CC(=CC(C)C)CCc1cccnn1. The first-order chi connectivity index (χ1) is 7.72. The smallest absolute Gasteiger partial charge is 0.0634 e. The normalized spacial score (nSPS) is 12.6. The highest BCUT2D eigenvalue weighted by Gasteiger charge is 1.98. The zero-order valence-corrected chi connectivity index (χ0v) is 10.4. The van der Waals surface area contributed by atoms with Crippen molar-refractivity contribution < 1.29 is 0 Å². The Labute approximate surface area is 98.1 Å². The van der Waals surface area contributed by atoms with Crippen LogP contribution in [0.15, 0.2) is 42.1 Å². The molecule has 0 saturated heterocycles. The van der Waals surface area contributed by atoms with E-state index < -0.39 is 0 Å². The summed E-state index contributed by atoms with van der Waals surface area (Å²) in [6, 6.07) is 3.96. The van der Waals surface area contributed by atoms with Gasteiger partial charge in [0.05, 0.1) is 5.69 Å². The van der Waals surface area contributed by atoms with Crippen LogP contribution in [0.1, 0.15) is 32.9 Å². The molecule has 0 amide bonds. The summed E-state index contributed by atoms with van der Waals surface area (Å²) >= 11 is 0. The van der Waals surface area contributed by atoms with Crippen molar-refractivity contribution in [1.29, 1.82) is 0 Å². The summed E-state index contributed by atoms with van der Waals surface area (Å²) < 4.78 is 0. The van der Waals surface area contributed by atoms with Gasteiger partial charge in [-0.15, -0.1) is 0 Å². The number of aryl methyl sites for hydroxylation is 1. The number of hydrogen-bond acceptors (Lipinski definition) is 2. The minimum Gasteiger partial charge on any atom is -0.159 e. The molecule has 0 unspecified atom stereocenters. The molecule has 2 heteroatoms. The summed E-state index contributed by atoms with van der Waals surface area (Å²) in [5.41, 5.74) is 2.44. The Morgan fingerprint density at radius 2 is 2.25 bits per heavy atom. The maximum absolute atomic E-state index is 4.09. The summed E-state index contributed by atoms with van der Waals surface area (Å²) in [6.07, 6.45) is 10.3. The van der Waals surface area contributed by atoms with Gasteiger partial charge >= 0.3 is 0 Å². The van der Waals surface area contributed by atoms with Gasteiger partial charge in [-0.3, -0.25) is 0 Å². The molecule has 0 aromatic carbocycles. The third-order valence-corrected chi connectivity index (χ3v) is 2.23. The summed E-state index contributed by atoms with van der Waals surface area (Å²) in [5, 5.41) is 7.97. The molecule has 2 nitrogen and oxygen atoms in total. The molecule has 0 N–H and O–H groups in total. The van der Waals surface area contributed by atoms with E-state index in [1.54, 1.807) is 6.20 Å². The first-order valence-electron chi connectivity index (χ1n) is 5.82. The second-order valence-electron chi connectivity index (χ2n) is 4.20. The Kier molecular flexibility index (Phi) is 5.48. The van der Waals surface area contributed by atoms with Crippen LogP contribution < -0.4 is 0 Å². The summed E-state index contributed by atoms with van der Waals surface area (Å²) in [6.45, 7) is 6.45. The molecule has 16 heavy (non-hydrogen) atoms. The molecular formula is C14H20N2. The van der Waals surface area contributed by atoms with Gasteiger partial charge in [0.25, 0.3) is 0 Å². The van der Waals surface area contributed by atoms with Crippen LogP contribution in [-0.4, -0.2) is 10.2 Å². The van der Waals surface area contributed by atoms with E-state index in [9.17, 15) is 0 Å². The van der Waals surface area contributed by atoms with Gasteiger partial charge in [0.15, 0.2) is 0 Å². The third-order valence-electron chi connectivity index (χ3n) is 2.23. The predicted molar refractivity (Wildman–Crippen MR) is 68.1 cm³/mol. The van der Waals surface area contributed by atoms with Crippen LogP contribution in [0.3, 0.4) is 0 Å². The van der Waals surface area contributed by atoms with Gasteiger partial charge in [-0.1, -0.05) is 37.6 Å². The third kappa shape index (κ3) is 4.87. The van der Waals surface area contributed by atoms with Crippen molar-refractivity contribution in [2.45, 2.75) is 33.6 Å². The first kappa shape index (κ1) is 12.6. The molecule has 1 rings (SSSR count). The van der Waals surface area contributed by atoms with Crippen LogP contribution in [0.25, 0.3) is 0 Å². The van der Waals surface area contributed by atoms with Gasteiger partial charge in [0, 0.05) is 6.20 Å². The van der Waals surface area contributed by atoms with Crippen molar-refractivity contribution in [3.63, 3.8) is 0 Å². The van der Waals surface area contributed by atoms with E-state index in [0.717, 1.165) is 18.5 Å². The summed E-state index contributed by atoms with van der Waals surface area (Å²) in [5.74, 6) is 0.591. The van der Waals surface area contributed by atoms with E-state index in [1.807, 2.05) is 12.1 Å². The van der Waals surface area contributed by atoms with Crippen LogP contribution >= 0.6 is 0 Å². The Balaban J connectivity index is 2.57. The van der Waals surface area contributed by atoms with E-state index in [2.05, 4.69) is 49.2 Å². The van der Waals surface area contributed by atoms with E-state index in [4.69, 9.17) is 0 Å². The minimum absolute atomic E-state index is 0.591. The molecule has 0 saturated carbocycles. The van der Waals surface area contributed by atoms with Gasteiger partial charge in [-0.25, -0.2) is 0 Å². The zero-order valence-electron chi connectivity index (χ0n) is 10.4. The quantitative estimate of drug-likeness (QED) is 0.703. The molecule has 0 aliphatic rings. The highest BCUT2D eigenvalue weighted by atomic mass is 15.1. The fourth-order valence-corrected chi connectivity index (χ4v) is 1.60. The van der Waals surface area contributed by atoms with Crippen LogP contribution in [-0.2, 0) is 6.42 Å². The largest absolute Gasteiger partial charge is 0.159 e. The number of nitrogens with zero attached hydrogens (tertiary/aromatic N) is 2. The highest BCUT2D eigenvalue weighted by Crippen LogP contribution is 2.11. The number of allylic oxidation sites excluding steroid dienone is 4. The molecule has 0 aliphatic heterocycles. The van der Waals surface area contributed by atoms with Crippen molar-refractivity contribution in [1.82, 2.24) is 10.2 Å². The second kappa shape index (κ2) is 6.94. The predicted octanol–water partition coefficient (Wildman–Crippen LogP) is 3.57. The molecule has 0 aliphatic carbocycles. The lowest BCUT2D eigenvalue weighted by Crippen LogP contribution is -1.94. The molecule has 1 aromatic heterocycles. The second-order valence-corrected chi connectivity index (χ2v) is 4.20. The average Bonchev–Trinajstić information content (AvgIpc) is 2.27. The maximum atomic E-state index is 4.09. The Morgan fingerprint density at radius 1 is 1.44 bits per heavy atom. The Morgan fingerprint density at radius 3 is 2.81 bits per heavy atom. The topological polar surface area (TPSA) is 25.8 Å². The van der Waals surface area contributed by atoms with Crippen molar-refractivity contribution in [2.75, 3.05) is 0 Å². The van der Waals surface area contributed by atoms with E-state index in [1.165, 1.54) is 5.57 Å². The molecule has 86 valence electrons. The summed E-state index contributed by atoms with van der Waals surface area (Å²) in [4.78, 5) is 0. The number of hydrogen-bond donors (Lipinski definition) is 0. The van der Waals surface area contributed by atoms with Crippen LogP contribution in [0.2, 0.25) is 0 Å². The molecule has 1 aromatic rings. The fourth-order valence-electron chi connectivity index (χ4n) is 1.60. The van der Waals surface area contributed by atoms with Crippen molar-refractivity contribution in [2.24, 2.45) is 5.92 Å². The number of aromatic nitrogens is 2. The molecule has 0 atom stereocenters. The minimum atomic E-state index is 0.591. The van der Waals surface area contributed by atoms with Crippen molar-refractivity contribution in [3.8, 4) is 0 Å². The lowest BCUT2D eigenvalue weighted by Gasteiger charge is -2.04. The van der Waals surface area contributed by atoms with Gasteiger partial charge < -0.3 is 0 Å². The Bertz CT molecular complexity index is 350. The Hall–Kier alpha value is -1.44. The molecule has 0 fully saturated rings. The standard InChI is InChI=1S/C14H20N2/c1-4-6-13(11-12(2)3)8-9-14-7-5-10-15-16-14/h4-7,10-12H,8-9H2,1-3H3. The molecule has 1 heterocycles. The van der Waals surface area contributed by atoms with Gasteiger partial charge in [0.1, 0.15) is 0 Å². The average molecular weight is 216 g/mol. The van der Waals surface area contributed by atoms with Gasteiger partial charge in [-0.2, -0.15) is 10.2 Å². The fraction of sp³-hybridized carbons (Fsp3) is 0.429. The molecule has 0 spiro atoms. The molecule has 0 radical (unpaired) electrons. The van der Waals surface area contributed by atoms with E-state index in [0.29, 0.717) is 5.92 Å². The van der Waals surface area contributed by atoms with Crippen molar-refractivity contribution in [3.05, 3.63) is 47.8 Å². The monoisotopic (exact) mass is 216 g/mol. The lowest BCUT2D eigenvalue weighted by atomic mass is 10.0.